The first kappa shape index (κ1) is 14.4. The van der Waals surface area contributed by atoms with E-state index in [0.717, 1.165) is 23.5 Å². The zero-order valence-corrected chi connectivity index (χ0v) is 12.9. The van der Waals surface area contributed by atoms with E-state index in [1.165, 1.54) is 32.1 Å². The van der Waals surface area contributed by atoms with Gasteiger partial charge in [-0.05, 0) is 31.9 Å². The molecule has 114 valence electrons. The van der Waals surface area contributed by atoms with Crippen molar-refractivity contribution in [2.24, 2.45) is 0 Å². The van der Waals surface area contributed by atoms with Crippen LogP contribution in [0.2, 0.25) is 0 Å². The Morgan fingerprint density at radius 1 is 1.29 bits per heavy atom. The molecule has 0 bridgehead atoms. The number of amides is 1. The molecule has 4 nitrogen and oxygen atoms in total. The molecule has 1 heterocycles. The Kier molecular flexibility index (Phi) is 3.89. The number of likely N-dealkylation sites (N-methyl/N-ethyl adjacent to an activating group) is 1. The zero-order valence-electron chi connectivity index (χ0n) is 12.9. The molecule has 1 aliphatic heterocycles. The summed E-state index contributed by atoms with van der Waals surface area (Å²) in [5.41, 5.74) is 2.74. The van der Waals surface area contributed by atoms with E-state index in [0.29, 0.717) is 6.04 Å². The van der Waals surface area contributed by atoms with Crippen molar-refractivity contribution in [3.8, 4) is 0 Å². The van der Waals surface area contributed by atoms with Crippen LogP contribution in [-0.4, -0.2) is 30.6 Å². The highest BCUT2D eigenvalue weighted by Crippen LogP contribution is 2.38. The summed E-state index contributed by atoms with van der Waals surface area (Å²) in [6.07, 6.45) is 5.47. The molecule has 1 aliphatic carbocycles. The molecular formula is C17H24N2O2. The fraction of sp³-hybridized carbons (Fsp3) is 0.588. The van der Waals surface area contributed by atoms with Crippen molar-refractivity contribution in [3.05, 3.63) is 23.8 Å². The molecule has 1 fully saturated rings. The number of fused-ring (bicyclic) bond motifs is 1. The van der Waals surface area contributed by atoms with Crippen molar-refractivity contribution in [3.63, 3.8) is 0 Å². The summed E-state index contributed by atoms with van der Waals surface area (Å²) in [5, 5.41) is 9.95. The van der Waals surface area contributed by atoms with E-state index < -0.39 is 6.10 Å². The largest absolute Gasteiger partial charge is 0.378 e. The Morgan fingerprint density at radius 2 is 2.00 bits per heavy atom. The van der Waals surface area contributed by atoms with Gasteiger partial charge in [-0.15, -0.1) is 0 Å². The highest BCUT2D eigenvalue weighted by Gasteiger charge is 2.34. The number of rotatable bonds is 3. The van der Waals surface area contributed by atoms with Crippen LogP contribution in [0.25, 0.3) is 0 Å². The molecule has 0 saturated heterocycles. The molecule has 0 spiro atoms. The minimum absolute atomic E-state index is 0.233. The van der Waals surface area contributed by atoms with Crippen LogP contribution in [0.5, 0.6) is 0 Å². The van der Waals surface area contributed by atoms with Crippen LogP contribution in [0.1, 0.15) is 50.7 Å². The van der Waals surface area contributed by atoms with Gasteiger partial charge in [-0.2, -0.15) is 0 Å². The second kappa shape index (κ2) is 5.68. The number of benzene rings is 1. The first-order valence-corrected chi connectivity index (χ1v) is 7.99. The Hall–Kier alpha value is -1.55. The van der Waals surface area contributed by atoms with E-state index in [1.54, 1.807) is 11.9 Å². The smallest absolute Gasteiger partial charge is 0.260 e. The monoisotopic (exact) mass is 288 g/mol. The Bertz CT molecular complexity index is 538. The molecule has 1 aromatic carbocycles. The Morgan fingerprint density at radius 3 is 2.67 bits per heavy atom. The van der Waals surface area contributed by atoms with Crippen molar-refractivity contribution < 1.29 is 9.90 Å². The van der Waals surface area contributed by atoms with E-state index in [2.05, 4.69) is 17.9 Å². The first-order chi connectivity index (χ1) is 10.1. The topological polar surface area (TPSA) is 43.8 Å². The molecule has 3 rings (SSSR count). The maximum absolute atomic E-state index is 11.9. The van der Waals surface area contributed by atoms with Crippen LogP contribution in [0.15, 0.2) is 18.2 Å². The number of carbonyl (C=O) groups is 1. The highest BCUT2D eigenvalue weighted by molar-refractivity contribution is 6.03. The summed E-state index contributed by atoms with van der Waals surface area (Å²) in [6, 6.07) is 6.62. The van der Waals surface area contributed by atoms with Crippen molar-refractivity contribution in [1.82, 2.24) is 0 Å². The van der Waals surface area contributed by atoms with Gasteiger partial charge in [-0.1, -0.05) is 25.3 Å². The summed E-state index contributed by atoms with van der Waals surface area (Å²) >= 11 is 0. The maximum atomic E-state index is 11.9. The van der Waals surface area contributed by atoms with E-state index in [4.69, 9.17) is 0 Å². The lowest BCUT2D eigenvalue weighted by atomic mass is 9.93. The Balaban J connectivity index is 1.91. The average Bonchev–Trinajstić information content (AvgIpc) is 2.74. The molecule has 21 heavy (non-hydrogen) atoms. The number of nitrogens with zero attached hydrogens (tertiary/aromatic N) is 2. The average molecular weight is 288 g/mol. The van der Waals surface area contributed by atoms with E-state index in [-0.39, 0.29) is 5.91 Å². The van der Waals surface area contributed by atoms with Crippen molar-refractivity contribution in [2.45, 2.75) is 51.2 Å². The van der Waals surface area contributed by atoms with Crippen molar-refractivity contribution >= 4 is 17.3 Å². The van der Waals surface area contributed by atoms with Gasteiger partial charge in [0.2, 0.25) is 0 Å². The molecule has 1 aromatic rings. The van der Waals surface area contributed by atoms with Crippen molar-refractivity contribution in [2.75, 3.05) is 23.4 Å². The fourth-order valence-electron chi connectivity index (χ4n) is 3.71. The summed E-state index contributed by atoms with van der Waals surface area (Å²) < 4.78 is 0. The summed E-state index contributed by atoms with van der Waals surface area (Å²) in [6.45, 7) is 3.16. The van der Waals surface area contributed by atoms with Gasteiger partial charge in [0.1, 0.15) is 0 Å². The van der Waals surface area contributed by atoms with Gasteiger partial charge < -0.3 is 14.9 Å². The number of aliphatic hydroxyl groups is 1. The molecule has 1 unspecified atom stereocenters. The predicted octanol–water partition coefficient (Wildman–Crippen LogP) is 2.86. The SMILES string of the molecule is CCN(c1ccc2c(c1)N(C)C(=O)C2O)C1CCCCC1. The van der Waals surface area contributed by atoms with E-state index >= 15 is 0 Å². The molecule has 1 atom stereocenters. The third kappa shape index (κ3) is 2.42. The zero-order chi connectivity index (χ0) is 15.0. The first-order valence-electron chi connectivity index (χ1n) is 7.99. The summed E-state index contributed by atoms with van der Waals surface area (Å²) in [7, 11) is 1.73. The van der Waals surface area contributed by atoms with E-state index in [1.807, 2.05) is 12.1 Å². The third-order valence-corrected chi connectivity index (χ3v) is 4.92. The van der Waals surface area contributed by atoms with E-state index in [9.17, 15) is 9.90 Å². The van der Waals surface area contributed by atoms with Gasteiger partial charge >= 0.3 is 0 Å². The number of anilines is 2. The van der Waals surface area contributed by atoms with Gasteiger partial charge in [-0.25, -0.2) is 0 Å². The van der Waals surface area contributed by atoms with Gasteiger partial charge in [0, 0.05) is 30.9 Å². The minimum atomic E-state index is -0.996. The van der Waals surface area contributed by atoms with Crippen molar-refractivity contribution in [1.29, 1.82) is 0 Å². The fourth-order valence-corrected chi connectivity index (χ4v) is 3.71. The Labute approximate surface area is 126 Å². The molecule has 1 amide bonds. The standard InChI is InChI=1S/C17H24N2O2/c1-3-19(12-7-5-4-6-8-12)13-9-10-14-15(11-13)18(2)17(21)16(14)20/h9-12,16,20H,3-8H2,1-2H3. The number of aliphatic hydroxyl groups excluding tert-OH is 1. The molecule has 2 aliphatic rings. The quantitative estimate of drug-likeness (QED) is 0.930. The molecule has 0 radical (unpaired) electrons. The van der Waals surface area contributed by atoms with Gasteiger partial charge in [0.05, 0.1) is 5.69 Å². The second-order valence-corrected chi connectivity index (χ2v) is 6.12. The summed E-state index contributed by atoms with van der Waals surface area (Å²) in [5.74, 6) is -0.233. The molecule has 1 saturated carbocycles. The number of carbonyl (C=O) groups excluding carboxylic acids is 1. The van der Waals surface area contributed by atoms with Crippen LogP contribution in [0, 0.1) is 0 Å². The van der Waals surface area contributed by atoms with Crippen LogP contribution in [0.3, 0.4) is 0 Å². The lowest BCUT2D eigenvalue weighted by Crippen LogP contribution is -2.36. The minimum Gasteiger partial charge on any atom is -0.378 e. The maximum Gasteiger partial charge on any atom is 0.260 e. The number of hydrogen-bond acceptors (Lipinski definition) is 3. The third-order valence-electron chi connectivity index (χ3n) is 4.92. The predicted molar refractivity (Wildman–Crippen MR) is 84.7 cm³/mol. The highest BCUT2D eigenvalue weighted by atomic mass is 16.3. The van der Waals surface area contributed by atoms with Crippen LogP contribution < -0.4 is 9.80 Å². The van der Waals surface area contributed by atoms with Gasteiger partial charge in [0.15, 0.2) is 6.10 Å². The molecule has 4 heteroatoms. The summed E-state index contributed by atoms with van der Waals surface area (Å²) in [4.78, 5) is 15.9. The second-order valence-electron chi connectivity index (χ2n) is 6.12. The molecule has 0 aromatic heterocycles. The molecule has 1 N–H and O–H groups in total. The molecular weight excluding hydrogens is 264 g/mol. The van der Waals surface area contributed by atoms with Gasteiger partial charge in [0.25, 0.3) is 5.91 Å². The normalized spacial score (nSPS) is 22.5. The van der Waals surface area contributed by atoms with Crippen LogP contribution >= 0.6 is 0 Å². The lowest BCUT2D eigenvalue weighted by molar-refractivity contribution is -0.125. The van der Waals surface area contributed by atoms with Crippen LogP contribution in [0.4, 0.5) is 11.4 Å². The number of hydrogen-bond donors (Lipinski definition) is 1. The lowest BCUT2D eigenvalue weighted by Gasteiger charge is -2.35. The van der Waals surface area contributed by atoms with Crippen LogP contribution in [-0.2, 0) is 4.79 Å². The van der Waals surface area contributed by atoms with Gasteiger partial charge in [-0.3, -0.25) is 4.79 Å².